The average Bonchev–Trinajstić information content (AvgIpc) is 2.76. The number of imidazole rings is 1. The van der Waals surface area contributed by atoms with E-state index in [0.717, 1.165) is 31.8 Å². The Bertz CT molecular complexity index is 381. The van der Waals surface area contributed by atoms with Gasteiger partial charge < -0.3 is 14.6 Å². The zero-order valence-corrected chi connectivity index (χ0v) is 13.9. The third-order valence-corrected chi connectivity index (χ3v) is 3.63. The molecule has 4 heteroatoms. The molecule has 0 aliphatic carbocycles. The molecule has 0 aliphatic rings. The number of likely N-dealkylation sites (N-methyl/N-ethyl adjacent to an activating group) is 1. The Hall–Kier alpha value is -0.870. The Morgan fingerprint density at radius 2 is 2.05 bits per heavy atom. The van der Waals surface area contributed by atoms with Gasteiger partial charge in [0.25, 0.3) is 0 Å². The van der Waals surface area contributed by atoms with E-state index in [9.17, 15) is 0 Å². The summed E-state index contributed by atoms with van der Waals surface area (Å²) in [4.78, 5) is 4.41. The van der Waals surface area contributed by atoms with E-state index in [4.69, 9.17) is 4.74 Å². The molecule has 1 aromatic rings. The first-order valence-electron chi connectivity index (χ1n) is 7.71. The SMILES string of the molecule is CCNC(CCc1nccn1C)C(OCC)C(C)(C)C. The van der Waals surface area contributed by atoms with Crippen molar-refractivity contribution in [3.05, 3.63) is 18.2 Å². The van der Waals surface area contributed by atoms with E-state index < -0.39 is 0 Å². The topological polar surface area (TPSA) is 39.1 Å². The normalized spacial score (nSPS) is 15.3. The predicted octanol–water partition coefficient (Wildman–Crippen LogP) is 2.78. The lowest BCUT2D eigenvalue weighted by atomic mass is 9.82. The molecule has 1 heterocycles. The van der Waals surface area contributed by atoms with Crippen LogP contribution in [0.25, 0.3) is 0 Å². The zero-order chi connectivity index (χ0) is 15.2. The molecule has 4 nitrogen and oxygen atoms in total. The van der Waals surface area contributed by atoms with Crippen LogP contribution in [-0.2, 0) is 18.2 Å². The summed E-state index contributed by atoms with van der Waals surface area (Å²) in [5, 5.41) is 3.59. The van der Waals surface area contributed by atoms with Crippen LogP contribution in [0.3, 0.4) is 0 Å². The molecular formula is C16H31N3O. The lowest BCUT2D eigenvalue weighted by Gasteiger charge is -2.37. The molecule has 0 fully saturated rings. The largest absolute Gasteiger partial charge is 0.376 e. The van der Waals surface area contributed by atoms with Gasteiger partial charge in [-0.15, -0.1) is 0 Å². The summed E-state index contributed by atoms with van der Waals surface area (Å²) in [6.45, 7) is 12.7. The minimum Gasteiger partial charge on any atom is -0.376 e. The molecule has 0 saturated carbocycles. The van der Waals surface area contributed by atoms with Crippen LogP contribution in [0.2, 0.25) is 0 Å². The van der Waals surface area contributed by atoms with Gasteiger partial charge in [0.05, 0.1) is 6.10 Å². The number of nitrogens with zero attached hydrogens (tertiary/aromatic N) is 2. The first kappa shape index (κ1) is 17.2. The fourth-order valence-corrected chi connectivity index (χ4v) is 2.69. The van der Waals surface area contributed by atoms with E-state index in [1.807, 2.05) is 19.4 Å². The van der Waals surface area contributed by atoms with Gasteiger partial charge in [-0.05, 0) is 25.3 Å². The lowest BCUT2D eigenvalue weighted by molar-refractivity contribution is -0.0371. The molecule has 1 aromatic heterocycles. The second kappa shape index (κ2) is 7.79. The Morgan fingerprint density at radius 3 is 2.50 bits per heavy atom. The van der Waals surface area contributed by atoms with Crippen LogP contribution < -0.4 is 5.32 Å². The van der Waals surface area contributed by atoms with E-state index >= 15 is 0 Å². The third kappa shape index (κ3) is 4.91. The molecule has 0 spiro atoms. The number of hydrogen-bond donors (Lipinski definition) is 1. The number of aromatic nitrogens is 2. The molecule has 1 rings (SSSR count). The van der Waals surface area contributed by atoms with E-state index in [1.54, 1.807) is 0 Å². The van der Waals surface area contributed by atoms with Crippen molar-refractivity contribution < 1.29 is 4.74 Å². The predicted molar refractivity (Wildman–Crippen MR) is 83.9 cm³/mol. The van der Waals surface area contributed by atoms with E-state index in [0.29, 0.717) is 6.04 Å². The molecule has 20 heavy (non-hydrogen) atoms. The van der Waals surface area contributed by atoms with Gasteiger partial charge in [0.2, 0.25) is 0 Å². The lowest BCUT2D eigenvalue weighted by Crippen LogP contribution is -2.48. The highest BCUT2D eigenvalue weighted by atomic mass is 16.5. The zero-order valence-electron chi connectivity index (χ0n) is 13.9. The number of aryl methyl sites for hydroxylation is 2. The maximum Gasteiger partial charge on any atom is 0.108 e. The average molecular weight is 281 g/mol. The third-order valence-electron chi connectivity index (χ3n) is 3.63. The summed E-state index contributed by atoms with van der Waals surface area (Å²) in [6.07, 6.45) is 6.09. The van der Waals surface area contributed by atoms with E-state index in [1.165, 1.54) is 0 Å². The van der Waals surface area contributed by atoms with Crippen molar-refractivity contribution in [1.29, 1.82) is 0 Å². The molecule has 0 radical (unpaired) electrons. The molecule has 0 aliphatic heterocycles. The van der Waals surface area contributed by atoms with Gasteiger partial charge in [-0.2, -0.15) is 0 Å². The first-order chi connectivity index (χ1) is 9.40. The van der Waals surface area contributed by atoms with Crippen molar-refractivity contribution in [2.45, 2.75) is 59.6 Å². The second-order valence-electron chi connectivity index (χ2n) is 6.40. The minimum absolute atomic E-state index is 0.129. The number of ether oxygens (including phenoxy) is 1. The van der Waals surface area contributed by atoms with Gasteiger partial charge in [-0.1, -0.05) is 27.7 Å². The van der Waals surface area contributed by atoms with Crippen LogP contribution in [0.15, 0.2) is 12.4 Å². The molecule has 1 N–H and O–H groups in total. The number of nitrogens with one attached hydrogen (secondary N) is 1. The van der Waals surface area contributed by atoms with Crippen molar-refractivity contribution >= 4 is 0 Å². The molecule has 2 unspecified atom stereocenters. The van der Waals surface area contributed by atoms with Crippen molar-refractivity contribution in [1.82, 2.24) is 14.9 Å². The Labute approximate surface area is 123 Å². The fraction of sp³-hybridized carbons (Fsp3) is 0.812. The monoisotopic (exact) mass is 281 g/mol. The summed E-state index contributed by atoms with van der Waals surface area (Å²) < 4.78 is 8.12. The molecule has 0 amide bonds. The summed E-state index contributed by atoms with van der Waals surface area (Å²) in [7, 11) is 2.05. The fourth-order valence-electron chi connectivity index (χ4n) is 2.69. The van der Waals surface area contributed by atoms with Gasteiger partial charge >= 0.3 is 0 Å². The molecule has 116 valence electrons. The van der Waals surface area contributed by atoms with Crippen LogP contribution in [0.1, 0.15) is 46.9 Å². The second-order valence-corrected chi connectivity index (χ2v) is 6.40. The highest BCUT2D eigenvalue weighted by Crippen LogP contribution is 2.27. The maximum atomic E-state index is 6.03. The van der Waals surface area contributed by atoms with Crippen molar-refractivity contribution in [3.8, 4) is 0 Å². The van der Waals surface area contributed by atoms with Gasteiger partial charge in [-0.25, -0.2) is 4.98 Å². The van der Waals surface area contributed by atoms with Gasteiger partial charge in [0.1, 0.15) is 5.82 Å². The van der Waals surface area contributed by atoms with Crippen LogP contribution >= 0.6 is 0 Å². The first-order valence-corrected chi connectivity index (χ1v) is 7.71. The van der Waals surface area contributed by atoms with Gasteiger partial charge in [0.15, 0.2) is 0 Å². The Balaban J connectivity index is 2.73. The van der Waals surface area contributed by atoms with Crippen LogP contribution in [0, 0.1) is 5.41 Å². The minimum atomic E-state index is 0.129. The maximum absolute atomic E-state index is 6.03. The quantitative estimate of drug-likeness (QED) is 0.796. The smallest absolute Gasteiger partial charge is 0.108 e. The van der Waals surface area contributed by atoms with E-state index in [-0.39, 0.29) is 11.5 Å². The van der Waals surface area contributed by atoms with Gasteiger partial charge in [0, 0.05) is 38.5 Å². The summed E-state index contributed by atoms with van der Waals surface area (Å²) in [5.41, 5.74) is 0.129. The molecular weight excluding hydrogens is 250 g/mol. The summed E-state index contributed by atoms with van der Waals surface area (Å²) in [6, 6.07) is 0.358. The molecule has 0 saturated heterocycles. The van der Waals surface area contributed by atoms with Crippen molar-refractivity contribution in [3.63, 3.8) is 0 Å². The molecule has 0 bridgehead atoms. The van der Waals surface area contributed by atoms with Crippen molar-refractivity contribution in [2.24, 2.45) is 12.5 Å². The highest BCUT2D eigenvalue weighted by molar-refractivity contribution is 4.94. The van der Waals surface area contributed by atoms with Gasteiger partial charge in [-0.3, -0.25) is 0 Å². The van der Waals surface area contributed by atoms with Crippen LogP contribution in [-0.4, -0.2) is 34.8 Å². The van der Waals surface area contributed by atoms with E-state index in [2.05, 4.69) is 49.5 Å². The van der Waals surface area contributed by atoms with Crippen molar-refractivity contribution in [2.75, 3.05) is 13.2 Å². The van der Waals surface area contributed by atoms with Crippen LogP contribution in [0.4, 0.5) is 0 Å². The summed E-state index contributed by atoms with van der Waals surface area (Å²) in [5.74, 6) is 1.14. The Kier molecular flexibility index (Phi) is 6.69. The molecule has 2 atom stereocenters. The standard InChI is InChI=1S/C16H31N3O/c1-7-17-13(15(20-8-2)16(3,4)5)9-10-14-18-11-12-19(14)6/h11-13,15,17H,7-10H2,1-6H3. The number of rotatable bonds is 8. The highest BCUT2D eigenvalue weighted by Gasteiger charge is 2.32. The molecule has 0 aromatic carbocycles. The summed E-state index contributed by atoms with van der Waals surface area (Å²) >= 11 is 0. The van der Waals surface area contributed by atoms with Crippen LogP contribution in [0.5, 0.6) is 0 Å². The Morgan fingerprint density at radius 1 is 1.35 bits per heavy atom. The number of hydrogen-bond acceptors (Lipinski definition) is 3.